The summed E-state index contributed by atoms with van der Waals surface area (Å²) in [5.41, 5.74) is -0.141. The molecule has 9 nitrogen and oxygen atoms in total. The summed E-state index contributed by atoms with van der Waals surface area (Å²) in [6.45, 7) is 3.24. The Bertz CT molecular complexity index is 710. The van der Waals surface area contributed by atoms with E-state index < -0.39 is 21.1 Å². The normalized spacial score (nSPS) is 20.9. The van der Waals surface area contributed by atoms with E-state index in [1.54, 1.807) is 0 Å². The van der Waals surface area contributed by atoms with Crippen LogP contribution in [0.3, 0.4) is 0 Å². The van der Waals surface area contributed by atoms with Crippen molar-refractivity contribution in [3.05, 3.63) is 29.8 Å². The van der Waals surface area contributed by atoms with Crippen LogP contribution in [-0.4, -0.2) is 86.6 Å². The highest BCUT2D eigenvalue weighted by atomic mass is 35.7. The molecule has 1 aliphatic heterocycles. The second-order valence-electron chi connectivity index (χ2n) is 5.94. The Hall–Kier alpha value is -1.27. The Balaban J connectivity index is 1.90. The number of carbonyl (C=O) groups excluding carboxylic acids is 1. The first-order valence-corrected chi connectivity index (χ1v) is 11.4. The van der Waals surface area contributed by atoms with Gasteiger partial charge in [0, 0.05) is 10.7 Å². The van der Waals surface area contributed by atoms with Crippen molar-refractivity contribution >= 4 is 25.7 Å². The maximum Gasteiger partial charge on any atom is 0.339 e. The monoisotopic (exact) mass is 452 g/mol. The van der Waals surface area contributed by atoms with Crippen LogP contribution < -0.4 is 0 Å². The first-order chi connectivity index (χ1) is 14.0. The van der Waals surface area contributed by atoms with Gasteiger partial charge in [0.2, 0.25) is 0 Å². The molecule has 0 N–H and O–H groups in total. The third kappa shape index (κ3) is 9.39. The van der Waals surface area contributed by atoms with Gasteiger partial charge in [0.25, 0.3) is 9.05 Å². The van der Waals surface area contributed by atoms with Crippen LogP contribution in [0.4, 0.5) is 0 Å². The minimum absolute atomic E-state index is 0.126. The molecule has 0 aromatic heterocycles. The van der Waals surface area contributed by atoms with Gasteiger partial charge in [-0.15, -0.1) is 0 Å². The molecule has 1 aliphatic rings. The molecular weight excluding hydrogens is 428 g/mol. The first kappa shape index (κ1) is 24.0. The van der Waals surface area contributed by atoms with E-state index in [-0.39, 0.29) is 30.3 Å². The van der Waals surface area contributed by atoms with E-state index in [0.717, 1.165) is 0 Å². The minimum atomic E-state index is -4.08. The smallest absolute Gasteiger partial charge is 0.339 e. The average Bonchev–Trinajstić information content (AvgIpc) is 2.71. The van der Waals surface area contributed by atoms with E-state index in [1.807, 2.05) is 0 Å². The number of ether oxygens (including phenoxy) is 6. The quantitative estimate of drug-likeness (QED) is 0.492. The molecule has 1 saturated heterocycles. The lowest BCUT2D eigenvalue weighted by molar-refractivity contribution is -0.0690. The summed E-state index contributed by atoms with van der Waals surface area (Å²) in [4.78, 5) is 12.0. The van der Waals surface area contributed by atoms with Crippen molar-refractivity contribution in [2.45, 2.75) is 11.0 Å². The van der Waals surface area contributed by atoms with Gasteiger partial charge in [0.15, 0.2) is 0 Å². The summed E-state index contributed by atoms with van der Waals surface area (Å²) in [6, 6.07) is 5.56. The van der Waals surface area contributed by atoms with Crippen LogP contribution in [0.25, 0.3) is 0 Å². The zero-order valence-corrected chi connectivity index (χ0v) is 17.5. The zero-order chi connectivity index (χ0) is 21.0. The van der Waals surface area contributed by atoms with Crippen LogP contribution in [0.5, 0.6) is 0 Å². The molecular formula is C18H25ClO9S. The van der Waals surface area contributed by atoms with E-state index in [2.05, 4.69) is 0 Å². The summed E-state index contributed by atoms with van der Waals surface area (Å²) in [5.74, 6) is -0.818. The molecule has 2 rings (SSSR count). The summed E-state index contributed by atoms with van der Waals surface area (Å²) >= 11 is 0. The molecule has 1 fully saturated rings. The molecule has 0 spiro atoms. The standard InChI is InChI=1S/C18H25ClO9S/c19-29(21,22)17-4-2-1-3-16(17)18(20)28-14-15-13-26-10-9-24-6-5-23-7-8-25-11-12-27-15/h1-4,15H,5-14H2. The van der Waals surface area contributed by atoms with Gasteiger partial charge in [-0.3, -0.25) is 0 Å². The van der Waals surface area contributed by atoms with Crippen molar-refractivity contribution in [1.29, 1.82) is 0 Å². The van der Waals surface area contributed by atoms with Crippen LogP contribution in [0.15, 0.2) is 29.2 Å². The molecule has 0 aliphatic carbocycles. The number of carbonyl (C=O) groups is 1. The van der Waals surface area contributed by atoms with Gasteiger partial charge in [-0.25, -0.2) is 13.2 Å². The first-order valence-electron chi connectivity index (χ1n) is 9.12. The fraction of sp³-hybridized carbons (Fsp3) is 0.611. The van der Waals surface area contributed by atoms with Crippen molar-refractivity contribution in [1.82, 2.24) is 0 Å². The van der Waals surface area contributed by atoms with Gasteiger partial charge in [-0.2, -0.15) is 0 Å². The van der Waals surface area contributed by atoms with E-state index in [0.29, 0.717) is 46.2 Å². The fourth-order valence-corrected chi connectivity index (χ4v) is 3.45. The Morgan fingerprint density at radius 1 is 0.931 bits per heavy atom. The number of benzene rings is 1. The molecule has 11 heteroatoms. The Labute approximate surface area is 174 Å². The van der Waals surface area contributed by atoms with Crippen LogP contribution in [-0.2, 0) is 37.5 Å². The molecule has 0 bridgehead atoms. The van der Waals surface area contributed by atoms with Crippen molar-refractivity contribution in [2.24, 2.45) is 0 Å². The van der Waals surface area contributed by atoms with Gasteiger partial charge in [-0.1, -0.05) is 12.1 Å². The summed E-state index contributed by atoms with van der Waals surface area (Å²) in [7, 11) is 1.30. The number of hydrogen-bond donors (Lipinski definition) is 0. The van der Waals surface area contributed by atoms with Gasteiger partial charge in [-0.05, 0) is 12.1 Å². The molecule has 0 radical (unpaired) electrons. The van der Waals surface area contributed by atoms with E-state index in [1.165, 1.54) is 24.3 Å². The molecule has 0 saturated carbocycles. The highest BCUT2D eigenvalue weighted by Gasteiger charge is 2.22. The molecule has 1 atom stereocenters. The topological polar surface area (TPSA) is 107 Å². The van der Waals surface area contributed by atoms with E-state index in [4.69, 9.17) is 39.1 Å². The molecule has 1 unspecified atom stereocenters. The Morgan fingerprint density at radius 2 is 1.48 bits per heavy atom. The number of hydrogen-bond acceptors (Lipinski definition) is 9. The minimum Gasteiger partial charge on any atom is -0.459 e. The van der Waals surface area contributed by atoms with Crippen molar-refractivity contribution in [3.8, 4) is 0 Å². The number of halogens is 1. The number of esters is 1. The second kappa shape index (κ2) is 13.1. The predicted molar refractivity (Wildman–Crippen MR) is 103 cm³/mol. The fourth-order valence-electron chi connectivity index (χ4n) is 2.39. The van der Waals surface area contributed by atoms with Crippen molar-refractivity contribution in [3.63, 3.8) is 0 Å². The summed E-state index contributed by atoms with van der Waals surface area (Å²) in [5, 5.41) is 0. The van der Waals surface area contributed by atoms with Crippen LogP contribution in [0.2, 0.25) is 0 Å². The maximum absolute atomic E-state index is 12.4. The highest BCUT2D eigenvalue weighted by molar-refractivity contribution is 8.13. The largest absolute Gasteiger partial charge is 0.459 e. The van der Waals surface area contributed by atoms with Crippen LogP contribution in [0, 0.1) is 0 Å². The summed E-state index contributed by atoms with van der Waals surface area (Å²) < 4.78 is 55.7. The third-order valence-corrected chi connectivity index (χ3v) is 5.15. The Morgan fingerprint density at radius 3 is 2.10 bits per heavy atom. The average molecular weight is 453 g/mol. The third-order valence-electron chi connectivity index (χ3n) is 3.77. The van der Waals surface area contributed by atoms with Crippen LogP contribution >= 0.6 is 10.7 Å². The number of rotatable bonds is 4. The maximum atomic E-state index is 12.4. The van der Waals surface area contributed by atoms with Gasteiger partial charge in [0.1, 0.15) is 12.7 Å². The van der Waals surface area contributed by atoms with Gasteiger partial charge >= 0.3 is 5.97 Å². The lowest BCUT2D eigenvalue weighted by Gasteiger charge is -2.18. The SMILES string of the molecule is O=C(OCC1COCCOCCOCCOCCO1)c1ccccc1S(=O)(=O)Cl. The molecule has 0 amide bonds. The van der Waals surface area contributed by atoms with E-state index >= 15 is 0 Å². The zero-order valence-electron chi connectivity index (χ0n) is 15.9. The molecule has 1 heterocycles. The molecule has 1 aromatic rings. The van der Waals surface area contributed by atoms with Crippen molar-refractivity contribution < 1.29 is 41.6 Å². The lowest BCUT2D eigenvalue weighted by Crippen LogP contribution is -2.29. The molecule has 29 heavy (non-hydrogen) atoms. The Kier molecular flexibility index (Phi) is 10.9. The van der Waals surface area contributed by atoms with Crippen molar-refractivity contribution in [2.75, 3.05) is 66.1 Å². The summed E-state index contributed by atoms with van der Waals surface area (Å²) in [6.07, 6.45) is -0.552. The second-order valence-corrected chi connectivity index (χ2v) is 8.47. The highest BCUT2D eigenvalue weighted by Crippen LogP contribution is 2.20. The van der Waals surface area contributed by atoms with Crippen LogP contribution in [0.1, 0.15) is 10.4 Å². The molecule has 164 valence electrons. The predicted octanol–water partition coefficient (Wildman–Crippen LogP) is 1.24. The van der Waals surface area contributed by atoms with E-state index in [9.17, 15) is 13.2 Å². The van der Waals surface area contributed by atoms with Gasteiger partial charge in [0.05, 0.1) is 69.9 Å². The molecule has 1 aromatic carbocycles. The lowest BCUT2D eigenvalue weighted by atomic mass is 10.2. The van der Waals surface area contributed by atoms with Gasteiger partial charge < -0.3 is 28.4 Å².